The van der Waals surface area contributed by atoms with Crippen molar-refractivity contribution in [3.05, 3.63) is 117 Å². The molecule has 2 aliphatic heterocycles. The summed E-state index contributed by atoms with van der Waals surface area (Å²) in [5.74, 6) is -1.86. The van der Waals surface area contributed by atoms with Crippen LogP contribution in [0.1, 0.15) is 40.1 Å². The van der Waals surface area contributed by atoms with Gasteiger partial charge in [0.1, 0.15) is 5.75 Å². The van der Waals surface area contributed by atoms with Gasteiger partial charge >= 0.3 is 10.8 Å². The largest absolute Gasteiger partial charge is 0.484 e. The number of carbonyl (C=O) groups is 4. The zero-order chi connectivity index (χ0) is 35.7. The molecule has 0 radical (unpaired) electrons. The fourth-order valence-electron chi connectivity index (χ4n) is 9.07. The van der Waals surface area contributed by atoms with Crippen LogP contribution in [-0.4, -0.2) is 47.1 Å². The summed E-state index contributed by atoms with van der Waals surface area (Å²) in [6, 6.07) is 27.7. The van der Waals surface area contributed by atoms with Gasteiger partial charge in [0.25, 0.3) is 5.91 Å². The van der Waals surface area contributed by atoms with Gasteiger partial charge in [-0.1, -0.05) is 59.9 Å². The Bertz CT molecular complexity index is 2330. The van der Waals surface area contributed by atoms with Gasteiger partial charge < -0.3 is 19.8 Å². The molecule has 4 aliphatic rings. The van der Waals surface area contributed by atoms with E-state index in [1.807, 2.05) is 66.7 Å². The third kappa shape index (κ3) is 5.26. The van der Waals surface area contributed by atoms with E-state index in [0.29, 0.717) is 22.7 Å². The summed E-state index contributed by atoms with van der Waals surface area (Å²) in [4.78, 5) is 71.3. The van der Waals surface area contributed by atoms with Crippen molar-refractivity contribution in [2.45, 2.75) is 29.5 Å². The molecule has 262 valence electrons. The number of fused-ring (bicyclic) bond motifs is 10. The first kappa shape index (κ1) is 32.7. The number of H-pyrrole nitrogens is 1. The summed E-state index contributed by atoms with van der Waals surface area (Å²) in [5, 5.41) is 5.77. The number of thiazole rings is 1. The Hall–Kier alpha value is -5.20. The molecular formula is C40H33N3O7S2. The zero-order valence-corrected chi connectivity index (χ0v) is 29.6. The Balaban J connectivity index is 0.978. The Morgan fingerprint density at radius 3 is 2.46 bits per heavy atom. The third-order valence-corrected chi connectivity index (χ3v) is 13.6. The lowest BCUT2D eigenvalue weighted by Crippen LogP contribution is -2.42. The van der Waals surface area contributed by atoms with E-state index < -0.39 is 17.8 Å². The van der Waals surface area contributed by atoms with Crippen LogP contribution < -0.4 is 19.8 Å². The van der Waals surface area contributed by atoms with Crippen LogP contribution in [0.25, 0.3) is 10.8 Å². The minimum Gasteiger partial charge on any atom is -0.484 e. The molecule has 0 spiro atoms. The number of nitrogens with one attached hydrogen (secondary N) is 2. The van der Waals surface area contributed by atoms with E-state index in [4.69, 9.17) is 9.47 Å². The van der Waals surface area contributed by atoms with E-state index in [2.05, 4.69) is 10.3 Å². The van der Waals surface area contributed by atoms with Crippen molar-refractivity contribution in [2.24, 2.45) is 29.6 Å². The van der Waals surface area contributed by atoms with E-state index in [1.165, 1.54) is 16.2 Å². The maximum absolute atomic E-state index is 14.2. The second kappa shape index (κ2) is 12.8. The van der Waals surface area contributed by atoms with Crippen molar-refractivity contribution in [1.29, 1.82) is 0 Å². The minimum absolute atomic E-state index is 0.00278. The summed E-state index contributed by atoms with van der Waals surface area (Å²) in [6.07, 6.45) is 0.755. The molecule has 6 unspecified atom stereocenters. The number of esters is 1. The number of aromatic amines is 1. The second-order valence-corrected chi connectivity index (χ2v) is 15.9. The number of anilines is 2. The number of hydrogen-bond donors (Lipinski definition) is 2. The average molecular weight is 732 g/mol. The van der Waals surface area contributed by atoms with Gasteiger partial charge in [-0.15, -0.1) is 11.8 Å². The number of benzene rings is 4. The number of aromatic nitrogens is 1. The van der Waals surface area contributed by atoms with E-state index in [1.54, 1.807) is 43.0 Å². The molecule has 2 saturated carbocycles. The standard InChI is InChI=1S/C40H33N3O7S2/c1-2-49-39(47)21-13-15-23(16-14-21)43-37(45)32-26-18-27(33(32)38(43)46)34-31(26)30(35-36(51-34)42-40(48)52-35)22-9-5-10-24(17-22)50-19-29(44)41-28-12-6-8-20-7-3-4-11-25(20)28/h3-17,26-27,30-34H,2,18-19H2,1H3,(H,41,44)(H,42,48)/t26?,27?,30-,31?,32?,33?,34?/m1/s1. The zero-order valence-electron chi connectivity index (χ0n) is 27.9. The van der Waals surface area contributed by atoms with Gasteiger partial charge in [-0.3, -0.25) is 24.1 Å². The van der Waals surface area contributed by atoms with Crippen LogP contribution >= 0.6 is 23.1 Å². The van der Waals surface area contributed by atoms with Gasteiger partial charge in [0, 0.05) is 27.1 Å². The van der Waals surface area contributed by atoms with Gasteiger partial charge in [-0.2, -0.15) is 0 Å². The lowest BCUT2D eigenvalue weighted by atomic mass is 9.68. The lowest BCUT2D eigenvalue weighted by Gasteiger charge is -2.43. The number of rotatable bonds is 8. The number of nitrogens with zero attached hydrogens (tertiary/aromatic N) is 1. The molecule has 10 nitrogen and oxygen atoms in total. The van der Waals surface area contributed by atoms with Crippen molar-refractivity contribution in [2.75, 3.05) is 23.4 Å². The molecular weight excluding hydrogens is 699 g/mol. The second-order valence-electron chi connectivity index (χ2n) is 13.7. The quantitative estimate of drug-likeness (QED) is 0.137. The number of imide groups is 1. The first-order valence-corrected chi connectivity index (χ1v) is 19.1. The maximum Gasteiger partial charge on any atom is 0.338 e. The monoisotopic (exact) mass is 731 g/mol. The molecule has 4 aromatic carbocycles. The summed E-state index contributed by atoms with van der Waals surface area (Å²) in [5.41, 5.74) is 2.45. The van der Waals surface area contributed by atoms with Crippen LogP contribution in [0.15, 0.2) is 101 Å². The highest BCUT2D eigenvalue weighted by Crippen LogP contribution is 2.68. The number of ether oxygens (including phenoxy) is 2. The van der Waals surface area contributed by atoms with Crippen LogP contribution in [-0.2, 0) is 19.1 Å². The first-order chi connectivity index (χ1) is 25.3. The Labute approximate surface area is 306 Å². The molecule has 5 aromatic rings. The minimum atomic E-state index is -0.471. The number of amides is 3. The average Bonchev–Trinajstić information content (AvgIpc) is 3.90. The fourth-order valence-corrected chi connectivity index (χ4v) is 12.0. The van der Waals surface area contributed by atoms with Crippen molar-refractivity contribution in [1.82, 2.24) is 4.98 Å². The molecule has 3 heterocycles. The van der Waals surface area contributed by atoms with Gasteiger partial charge in [-0.05, 0) is 84.5 Å². The summed E-state index contributed by atoms with van der Waals surface area (Å²) in [6.45, 7) is 1.79. The molecule has 12 heteroatoms. The molecule has 3 amide bonds. The topological polar surface area (TPSA) is 135 Å². The van der Waals surface area contributed by atoms with Crippen molar-refractivity contribution in [3.63, 3.8) is 0 Å². The van der Waals surface area contributed by atoms with E-state index in [0.717, 1.165) is 32.7 Å². The SMILES string of the molecule is CCOC(=O)c1ccc(N2C(=O)C3C4CC(C3C2=O)C2C4Sc3[nH]c(=O)sc3[C@@H]2c2cccc(OCC(=O)Nc3cccc4ccccc34)c2)cc1. The molecule has 2 bridgehead atoms. The highest BCUT2D eigenvalue weighted by atomic mass is 32.2. The Kier molecular flexibility index (Phi) is 8.04. The Morgan fingerprint density at radius 1 is 0.904 bits per heavy atom. The molecule has 3 fully saturated rings. The van der Waals surface area contributed by atoms with E-state index in [-0.39, 0.29) is 64.7 Å². The third-order valence-electron chi connectivity index (χ3n) is 11.0. The summed E-state index contributed by atoms with van der Waals surface area (Å²) in [7, 11) is 0. The molecule has 52 heavy (non-hydrogen) atoms. The molecule has 2 N–H and O–H groups in total. The van der Waals surface area contributed by atoms with Crippen LogP contribution in [0.5, 0.6) is 5.75 Å². The molecule has 1 aromatic heterocycles. The fraction of sp³-hybridized carbons (Fsp3) is 0.275. The van der Waals surface area contributed by atoms with Crippen molar-refractivity contribution in [3.8, 4) is 5.75 Å². The van der Waals surface area contributed by atoms with Gasteiger partial charge in [0.05, 0.1) is 34.7 Å². The smallest absolute Gasteiger partial charge is 0.338 e. The van der Waals surface area contributed by atoms with Gasteiger partial charge in [0.2, 0.25) is 11.8 Å². The first-order valence-electron chi connectivity index (χ1n) is 17.4. The van der Waals surface area contributed by atoms with Crippen molar-refractivity contribution >= 4 is 68.9 Å². The molecule has 1 saturated heterocycles. The molecule has 7 atom stereocenters. The summed E-state index contributed by atoms with van der Waals surface area (Å²) >= 11 is 2.82. The van der Waals surface area contributed by atoms with Crippen LogP contribution in [0, 0.1) is 29.6 Å². The Morgan fingerprint density at radius 2 is 1.65 bits per heavy atom. The number of thioether (sulfide) groups is 1. The lowest BCUT2D eigenvalue weighted by molar-refractivity contribution is -0.123. The van der Waals surface area contributed by atoms with Crippen LogP contribution in [0.3, 0.4) is 0 Å². The summed E-state index contributed by atoms with van der Waals surface area (Å²) < 4.78 is 11.1. The van der Waals surface area contributed by atoms with E-state index >= 15 is 0 Å². The predicted octanol–water partition coefficient (Wildman–Crippen LogP) is 6.46. The number of hydrogen-bond acceptors (Lipinski definition) is 9. The maximum atomic E-state index is 14.2. The van der Waals surface area contributed by atoms with Gasteiger partial charge in [-0.25, -0.2) is 4.79 Å². The van der Waals surface area contributed by atoms with Crippen molar-refractivity contribution < 1.29 is 28.7 Å². The van der Waals surface area contributed by atoms with Gasteiger partial charge in [0.15, 0.2) is 6.61 Å². The van der Waals surface area contributed by atoms with Crippen LogP contribution in [0.2, 0.25) is 0 Å². The van der Waals surface area contributed by atoms with E-state index in [9.17, 15) is 24.0 Å². The predicted molar refractivity (Wildman–Crippen MR) is 198 cm³/mol. The number of carbonyl (C=O) groups excluding carboxylic acids is 4. The highest BCUT2D eigenvalue weighted by Gasteiger charge is 2.69. The molecule has 2 aliphatic carbocycles. The normalized spacial score (nSPS) is 25.5. The van der Waals surface area contributed by atoms with Crippen LogP contribution in [0.4, 0.5) is 11.4 Å². The highest BCUT2D eigenvalue weighted by molar-refractivity contribution is 8.00. The molecule has 9 rings (SSSR count).